The van der Waals surface area contributed by atoms with Gasteiger partial charge in [0.05, 0.1) is 18.6 Å². The average Bonchev–Trinajstić information content (AvgIpc) is 2.44. The van der Waals surface area contributed by atoms with Crippen LogP contribution in [-0.4, -0.2) is 36.9 Å². The second kappa shape index (κ2) is 8.16. The number of carboxylic acids is 1. The summed E-state index contributed by atoms with van der Waals surface area (Å²) >= 11 is 0. The van der Waals surface area contributed by atoms with Crippen LogP contribution >= 0.6 is 0 Å². The molecule has 6 heteroatoms. The predicted molar refractivity (Wildman–Crippen MR) is 74.4 cm³/mol. The largest absolute Gasteiger partial charge is 0.481 e. The summed E-state index contributed by atoms with van der Waals surface area (Å²) in [6.45, 7) is 2.02. The molecule has 3 N–H and O–H groups in total. The summed E-state index contributed by atoms with van der Waals surface area (Å²) < 4.78 is 4.98. The quantitative estimate of drug-likeness (QED) is 0.707. The number of carbonyl (C=O) groups is 2. The minimum atomic E-state index is -0.961. The number of urea groups is 1. The molecular formula is C14H20N2O4. The SMILES string of the molecule is COC(CNC(=O)NC(C)c1ccccc1)CC(=O)O. The van der Waals surface area contributed by atoms with Crippen LogP contribution in [0.15, 0.2) is 30.3 Å². The number of hydrogen-bond donors (Lipinski definition) is 3. The van der Waals surface area contributed by atoms with E-state index in [9.17, 15) is 9.59 Å². The van der Waals surface area contributed by atoms with Gasteiger partial charge in [-0.25, -0.2) is 4.79 Å². The molecule has 1 aromatic rings. The number of amides is 2. The van der Waals surface area contributed by atoms with Gasteiger partial charge in [0.1, 0.15) is 0 Å². The lowest BCUT2D eigenvalue weighted by Gasteiger charge is -2.17. The zero-order chi connectivity index (χ0) is 15.0. The van der Waals surface area contributed by atoms with Crippen LogP contribution in [0.3, 0.4) is 0 Å². The number of hydrogen-bond acceptors (Lipinski definition) is 3. The molecule has 0 saturated heterocycles. The maximum absolute atomic E-state index is 11.7. The second-order valence-electron chi connectivity index (χ2n) is 4.44. The van der Waals surface area contributed by atoms with Gasteiger partial charge in [-0.3, -0.25) is 4.79 Å². The predicted octanol–water partition coefficient (Wildman–Crippen LogP) is 1.54. The molecule has 0 aliphatic heterocycles. The zero-order valence-corrected chi connectivity index (χ0v) is 11.6. The van der Waals surface area contributed by atoms with Crippen LogP contribution in [-0.2, 0) is 9.53 Å². The van der Waals surface area contributed by atoms with Crippen LogP contribution < -0.4 is 10.6 Å². The van der Waals surface area contributed by atoms with Gasteiger partial charge in [0.2, 0.25) is 0 Å². The van der Waals surface area contributed by atoms with Crippen molar-refractivity contribution in [3.63, 3.8) is 0 Å². The highest BCUT2D eigenvalue weighted by molar-refractivity contribution is 5.74. The first-order chi connectivity index (χ1) is 9.52. The van der Waals surface area contributed by atoms with Crippen LogP contribution in [0.1, 0.15) is 24.9 Å². The summed E-state index contributed by atoms with van der Waals surface area (Å²) in [6, 6.07) is 9.08. The van der Waals surface area contributed by atoms with E-state index in [0.717, 1.165) is 5.56 Å². The van der Waals surface area contributed by atoms with Gasteiger partial charge in [0, 0.05) is 13.7 Å². The van der Waals surface area contributed by atoms with E-state index in [0.29, 0.717) is 0 Å². The van der Waals surface area contributed by atoms with E-state index < -0.39 is 12.1 Å². The van der Waals surface area contributed by atoms with Crippen molar-refractivity contribution in [3.8, 4) is 0 Å². The summed E-state index contributed by atoms with van der Waals surface area (Å²) in [5, 5.41) is 14.0. The third kappa shape index (κ3) is 5.71. The molecule has 0 bridgehead atoms. The third-order valence-corrected chi connectivity index (χ3v) is 2.87. The summed E-state index contributed by atoms with van der Waals surface area (Å²) in [5.74, 6) is -0.961. The summed E-state index contributed by atoms with van der Waals surface area (Å²) in [5.41, 5.74) is 0.997. The lowest BCUT2D eigenvalue weighted by molar-refractivity contribution is -0.139. The van der Waals surface area contributed by atoms with Crippen LogP contribution in [0.25, 0.3) is 0 Å². The normalized spacial score (nSPS) is 13.3. The fourth-order valence-electron chi connectivity index (χ4n) is 1.71. The van der Waals surface area contributed by atoms with E-state index >= 15 is 0 Å². The molecule has 0 radical (unpaired) electrons. The fourth-order valence-corrected chi connectivity index (χ4v) is 1.71. The summed E-state index contributed by atoms with van der Waals surface area (Å²) in [6.07, 6.45) is -0.685. The highest BCUT2D eigenvalue weighted by Gasteiger charge is 2.14. The van der Waals surface area contributed by atoms with Gasteiger partial charge in [-0.05, 0) is 12.5 Å². The Balaban J connectivity index is 2.38. The molecule has 0 aliphatic carbocycles. The molecule has 0 aromatic heterocycles. The topological polar surface area (TPSA) is 87.7 Å². The van der Waals surface area contributed by atoms with Gasteiger partial charge in [-0.2, -0.15) is 0 Å². The van der Waals surface area contributed by atoms with E-state index in [2.05, 4.69) is 10.6 Å². The molecule has 2 amide bonds. The van der Waals surface area contributed by atoms with E-state index in [-0.39, 0.29) is 25.0 Å². The van der Waals surface area contributed by atoms with E-state index in [1.165, 1.54) is 7.11 Å². The third-order valence-electron chi connectivity index (χ3n) is 2.87. The number of rotatable bonds is 7. The Bertz CT molecular complexity index is 436. The molecule has 0 aliphatic rings. The van der Waals surface area contributed by atoms with Crippen molar-refractivity contribution in [2.75, 3.05) is 13.7 Å². The van der Waals surface area contributed by atoms with E-state index in [1.807, 2.05) is 37.3 Å². The Hall–Kier alpha value is -2.08. The average molecular weight is 280 g/mol. The van der Waals surface area contributed by atoms with Crippen molar-refractivity contribution in [2.45, 2.75) is 25.5 Å². The van der Waals surface area contributed by atoms with Crippen molar-refractivity contribution in [3.05, 3.63) is 35.9 Å². The van der Waals surface area contributed by atoms with Crippen molar-refractivity contribution in [2.24, 2.45) is 0 Å². The lowest BCUT2D eigenvalue weighted by Crippen LogP contribution is -2.41. The van der Waals surface area contributed by atoms with E-state index in [1.54, 1.807) is 0 Å². The fraction of sp³-hybridized carbons (Fsp3) is 0.429. The standard InChI is InChI=1S/C14H20N2O4/c1-10(11-6-4-3-5-7-11)16-14(19)15-9-12(20-2)8-13(17)18/h3-7,10,12H,8-9H2,1-2H3,(H,17,18)(H2,15,16,19). The van der Waals surface area contributed by atoms with Crippen molar-refractivity contribution < 1.29 is 19.4 Å². The molecule has 1 aromatic carbocycles. The second-order valence-corrected chi connectivity index (χ2v) is 4.44. The number of carbonyl (C=O) groups excluding carboxylic acids is 1. The molecule has 0 saturated carbocycles. The molecule has 0 heterocycles. The highest BCUT2D eigenvalue weighted by Crippen LogP contribution is 2.10. The summed E-state index contributed by atoms with van der Waals surface area (Å²) in [7, 11) is 1.42. The van der Waals surface area contributed by atoms with Crippen molar-refractivity contribution >= 4 is 12.0 Å². The molecule has 6 nitrogen and oxygen atoms in total. The van der Waals surface area contributed by atoms with Gasteiger partial charge in [0.25, 0.3) is 0 Å². The van der Waals surface area contributed by atoms with Crippen LogP contribution in [0.2, 0.25) is 0 Å². The minimum Gasteiger partial charge on any atom is -0.481 e. The van der Waals surface area contributed by atoms with Gasteiger partial charge in [-0.15, -0.1) is 0 Å². The molecule has 2 unspecified atom stereocenters. The van der Waals surface area contributed by atoms with Gasteiger partial charge < -0.3 is 20.5 Å². The maximum atomic E-state index is 11.7. The molecular weight excluding hydrogens is 260 g/mol. The highest BCUT2D eigenvalue weighted by atomic mass is 16.5. The number of carboxylic acid groups (broad SMARTS) is 1. The number of ether oxygens (including phenoxy) is 1. The number of nitrogens with one attached hydrogen (secondary N) is 2. The first kappa shape index (κ1) is 16.0. The Morgan fingerprint density at radius 2 is 1.95 bits per heavy atom. The van der Waals surface area contributed by atoms with Crippen molar-refractivity contribution in [1.82, 2.24) is 10.6 Å². The Morgan fingerprint density at radius 3 is 2.50 bits per heavy atom. The minimum absolute atomic E-state index is 0.128. The molecule has 0 spiro atoms. The Labute approximate surface area is 118 Å². The zero-order valence-electron chi connectivity index (χ0n) is 11.6. The first-order valence-corrected chi connectivity index (χ1v) is 6.36. The van der Waals surface area contributed by atoms with E-state index in [4.69, 9.17) is 9.84 Å². The molecule has 20 heavy (non-hydrogen) atoms. The molecule has 1 rings (SSSR count). The Kier molecular flexibility index (Phi) is 6.52. The van der Waals surface area contributed by atoms with Gasteiger partial charge in [-0.1, -0.05) is 30.3 Å². The molecule has 0 fully saturated rings. The molecule has 110 valence electrons. The smallest absolute Gasteiger partial charge is 0.315 e. The van der Waals surface area contributed by atoms with Crippen LogP contribution in [0.5, 0.6) is 0 Å². The Morgan fingerprint density at radius 1 is 1.30 bits per heavy atom. The van der Waals surface area contributed by atoms with Crippen LogP contribution in [0, 0.1) is 0 Å². The maximum Gasteiger partial charge on any atom is 0.315 e. The van der Waals surface area contributed by atoms with Crippen LogP contribution in [0.4, 0.5) is 4.79 Å². The van der Waals surface area contributed by atoms with Gasteiger partial charge in [0.15, 0.2) is 0 Å². The first-order valence-electron chi connectivity index (χ1n) is 6.36. The lowest BCUT2D eigenvalue weighted by atomic mass is 10.1. The number of aliphatic carboxylic acids is 1. The molecule has 2 atom stereocenters. The monoisotopic (exact) mass is 280 g/mol. The van der Waals surface area contributed by atoms with Gasteiger partial charge >= 0.3 is 12.0 Å². The number of benzene rings is 1. The summed E-state index contributed by atoms with van der Waals surface area (Å²) in [4.78, 5) is 22.3. The number of methoxy groups -OCH3 is 1. The van der Waals surface area contributed by atoms with Crippen molar-refractivity contribution in [1.29, 1.82) is 0 Å².